The van der Waals surface area contributed by atoms with Gasteiger partial charge in [-0.25, -0.2) is 4.39 Å². The van der Waals surface area contributed by atoms with Crippen LogP contribution in [0, 0.1) is 5.82 Å². The molecule has 140 valence electrons. The molecule has 0 spiro atoms. The summed E-state index contributed by atoms with van der Waals surface area (Å²) < 4.78 is 21.4. The Morgan fingerprint density at radius 2 is 1.88 bits per heavy atom. The van der Waals surface area contributed by atoms with Crippen LogP contribution < -0.4 is 5.73 Å². The largest absolute Gasteiger partial charge is 0.396 e. The minimum atomic E-state index is -1.17. The zero-order chi connectivity index (χ0) is 18.8. The minimum Gasteiger partial charge on any atom is -0.396 e. The van der Waals surface area contributed by atoms with Crippen molar-refractivity contribution in [2.24, 2.45) is 0 Å². The third-order valence-electron chi connectivity index (χ3n) is 4.43. The Bertz CT molecular complexity index is 732. The maximum Gasteiger partial charge on any atom is 0.159 e. The van der Waals surface area contributed by atoms with Gasteiger partial charge in [0.25, 0.3) is 0 Å². The summed E-state index contributed by atoms with van der Waals surface area (Å²) in [5.74, 6) is -1.61. The Hall–Kier alpha value is -1.63. The lowest BCUT2D eigenvalue weighted by atomic mass is 9.85. The van der Waals surface area contributed by atoms with Gasteiger partial charge in [0.2, 0.25) is 0 Å². The summed E-state index contributed by atoms with van der Waals surface area (Å²) in [4.78, 5) is 0. The molecule has 4 N–H and O–H groups in total. The molecule has 5 nitrogen and oxygen atoms in total. The minimum absolute atomic E-state index is 0.0762. The molecule has 1 heterocycles. The molecule has 1 aromatic heterocycles. The van der Waals surface area contributed by atoms with Crippen molar-refractivity contribution in [2.45, 2.75) is 58.3 Å². The average Bonchev–Trinajstić information content (AvgIpc) is 2.82. The number of aliphatic hydroxyl groups is 2. The first-order chi connectivity index (χ1) is 11.5. The summed E-state index contributed by atoms with van der Waals surface area (Å²) >= 11 is 0. The van der Waals surface area contributed by atoms with Crippen molar-refractivity contribution in [1.29, 1.82) is 0 Å². The van der Waals surface area contributed by atoms with Gasteiger partial charge in [-0.1, -0.05) is 13.8 Å². The van der Waals surface area contributed by atoms with Crippen molar-refractivity contribution >= 4 is 16.6 Å². The standard InChI is InChI=1S/C19H29FN2O3/c1-18(2,6-8-23)17-11-13-10-15(21)14(20)12-16(13)22(17)7-5-9-25-19(3,4)24/h10-12,23-24H,5-9,21H2,1-4H3. The number of rotatable bonds is 8. The van der Waals surface area contributed by atoms with Crippen LogP contribution in [0.2, 0.25) is 0 Å². The summed E-state index contributed by atoms with van der Waals surface area (Å²) in [6.07, 6.45) is 1.27. The summed E-state index contributed by atoms with van der Waals surface area (Å²) in [5, 5.41) is 19.9. The van der Waals surface area contributed by atoms with Gasteiger partial charge in [0.15, 0.2) is 5.79 Å². The lowest BCUT2D eigenvalue weighted by Crippen LogP contribution is -2.25. The third-order valence-corrected chi connectivity index (χ3v) is 4.43. The number of aliphatic hydroxyl groups excluding tert-OH is 1. The predicted octanol–water partition coefficient (Wildman–Crippen LogP) is 3.16. The quantitative estimate of drug-likeness (QED) is 0.387. The average molecular weight is 352 g/mol. The first kappa shape index (κ1) is 19.7. The normalized spacial score (nSPS) is 12.9. The lowest BCUT2D eigenvalue weighted by Gasteiger charge is -2.26. The first-order valence-corrected chi connectivity index (χ1v) is 8.61. The molecule has 0 fully saturated rings. The van der Waals surface area contributed by atoms with E-state index in [1.165, 1.54) is 6.07 Å². The number of fused-ring (bicyclic) bond motifs is 1. The molecule has 25 heavy (non-hydrogen) atoms. The number of anilines is 1. The fraction of sp³-hybridized carbons (Fsp3) is 0.579. The second-order valence-electron chi connectivity index (χ2n) is 7.62. The molecule has 0 aliphatic heterocycles. The highest BCUT2D eigenvalue weighted by molar-refractivity contribution is 5.85. The van der Waals surface area contributed by atoms with E-state index in [2.05, 4.69) is 18.4 Å². The highest BCUT2D eigenvalue weighted by Gasteiger charge is 2.26. The van der Waals surface area contributed by atoms with E-state index in [1.807, 2.05) is 6.07 Å². The Morgan fingerprint density at radius 3 is 2.48 bits per heavy atom. The summed E-state index contributed by atoms with van der Waals surface area (Å²) in [5.41, 5.74) is 7.36. The molecule has 1 aromatic carbocycles. The van der Waals surface area contributed by atoms with Crippen LogP contribution in [0.15, 0.2) is 18.2 Å². The van der Waals surface area contributed by atoms with Crippen molar-refractivity contribution in [1.82, 2.24) is 4.57 Å². The summed E-state index contributed by atoms with van der Waals surface area (Å²) in [6, 6.07) is 5.12. The van der Waals surface area contributed by atoms with Crippen LogP contribution in [0.1, 0.15) is 46.2 Å². The van der Waals surface area contributed by atoms with Gasteiger partial charge in [-0.2, -0.15) is 0 Å². The SMILES string of the molecule is CC(C)(O)OCCCn1c(C(C)(C)CCO)cc2cc(N)c(F)cc21. The van der Waals surface area contributed by atoms with Crippen LogP contribution in [0.25, 0.3) is 10.9 Å². The maximum absolute atomic E-state index is 14.0. The number of ether oxygens (including phenoxy) is 1. The van der Waals surface area contributed by atoms with E-state index in [1.54, 1.807) is 19.9 Å². The molecule has 2 aromatic rings. The fourth-order valence-corrected chi connectivity index (χ4v) is 3.06. The van der Waals surface area contributed by atoms with Gasteiger partial charge in [0.05, 0.1) is 17.8 Å². The zero-order valence-corrected chi connectivity index (χ0v) is 15.5. The molecule has 0 saturated heterocycles. The Balaban J connectivity index is 2.38. The zero-order valence-electron chi connectivity index (χ0n) is 15.5. The van der Waals surface area contributed by atoms with Crippen LogP contribution in [0.5, 0.6) is 0 Å². The number of halogens is 1. The monoisotopic (exact) mass is 352 g/mol. The van der Waals surface area contributed by atoms with Gasteiger partial charge < -0.3 is 25.3 Å². The highest BCUT2D eigenvalue weighted by Crippen LogP contribution is 2.34. The molecular formula is C19H29FN2O3. The number of hydrogen-bond donors (Lipinski definition) is 3. The molecule has 0 atom stereocenters. The van der Waals surface area contributed by atoms with E-state index in [4.69, 9.17) is 10.5 Å². The number of aromatic nitrogens is 1. The van der Waals surface area contributed by atoms with Crippen LogP contribution in [0.4, 0.5) is 10.1 Å². The molecule has 0 aliphatic carbocycles. The second-order valence-corrected chi connectivity index (χ2v) is 7.62. The van der Waals surface area contributed by atoms with E-state index in [0.717, 1.165) is 16.6 Å². The van der Waals surface area contributed by atoms with Gasteiger partial charge >= 0.3 is 0 Å². The molecule has 2 rings (SSSR count). The van der Waals surface area contributed by atoms with Crippen LogP contribution in [-0.4, -0.2) is 33.8 Å². The summed E-state index contributed by atoms with van der Waals surface area (Å²) in [6.45, 7) is 8.38. The number of benzene rings is 1. The molecule has 0 unspecified atom stereocenters. The van der Waals surface area contributed by atoms with Crippen LogP contribution in [0.3, 0.4) is 0 Å². The highest BCUT2D eigenvalue weighted by atomic mass is 19.1. The van der Waals surface area contributed by atoms with E-state index < -0.39 is 11.6 Å². The van der Waals surface area contributed by atoms with E-state index in [9.17, 15) is 14.6 Å². The van der Waals surface area contributed by atoms with Gasteiger partial charge in [-0.05, 0) is 38.8 Å². The second kappa shape index (κ2) is 7.32. The van der Waals surface area contributed by atoms with Gasteiger partial charge in [-0.15, -0.1) is 0 Å². The van der Waals surface area contributed by atoms with Gasteiger partial charge in [0.1, 0.15) is 5.82 Å². The van der Waals surface area contributed by atoms with Crippen LogP contribution >= 0.6 is 0 Å². The van der Waals surface area contributed by atoms with E-state index >= 15 is 0 Å². The maximum atomic E-state index is 14.0. The van der Waals surface area contributed by atoms with Crippen molar-refractivity contribution in [2.75, 3.05) is 18.9 Å². The van der Waals surface area contributed by atoms with Gasteiger partial charge in [-0.3, -0.25) is 0 Å². The number of nitrogens with zero attached hydrogens (tertiary/aromatic N) is 1. The number of nitrogen functional groups attached to an aromatic ring is 1. The number of aryl methyl sites for hydroxylation is 1. The fourth-order valence-electron chi connectivity index (χ4n) is 3.06. The van der Waals surface area contributed by atoms with Gasteiger partial charge in [0, 0.05) is 35.7 Å². The summed E-state index contributed by atoms with van der Waals surface area (Å²) in [7, 11) is 0. The Kier molecular flexibility index (Phi) is 5.76. The van der Waals surface area contributed by atoms with Crippen LogP contribution in [-0.2, 0) is 16.7 Å². The predicted molar refractivity (Wildman–Crippen MR) is 97.9 cm³/mol. The first-order valence-electron chi connectivity index (χ1n) is 8.61. The molecule has 0 radical (unpaired) electrons. The third kappa shape index (κ3) is 4.71. The molecule has 0 bridgehead atoms. The molecule has 0 aliphatic rings. The molecule has 6 heteroatoms. The van der Waals surface area contributed by atoms with Crippen molar-refractivity contribution in [3.8, 4) is 0 Å². The number of hydrogen-bond acceptors (Lipinski definition) is 4. The van der Waals surface area contributed by atoms with E-state index in [0.29, 0.717) is 26.0 Å². The van der Waals surface area contributed by atoms with Crippen molar-refractivity contribution in [3.05, 3.63) is 29.7 Å². The van der Waals surface area contributed by atoms with E-state index in [-0.39, 0.29) is 17.7 Å². The topological polar surface area (TPSA) is 80.6 Å². The smallest absolute Gasteiger partial charge is 0.159 e. The Labute approximate surface area is 148 Å². The lowest BCUT2D eigenvalue weighted by molar-refractivity contribution is -0.176. The van der Waals surface area contributed by atoms with Crippen molar-refractivity contribution < 1.29 is 19.3 Å². The Morgan fingerprint density at radius 1 is 1.20 bits per heavy atom. The molecule has 0 amide bonds. The molecule has 0 saturated carbocycles. The molecular weight excluding hydrogens is 323 g/mol. The van der Waals surface area contributed by atoms with Crippen molar-refractivity contribution in [3.63, 3.8) is 0 Å². The number of nitrogens with two attached hydrogens (primary N) is 1.